The van der Waals surface area contributed by atoms with Crippen molar-refractivity contribution in [1.82, 2.24) is 0 Å². The van der Waals surface area contributed by atoms with Gasteiger partial charge in [-0.1, -0.05) is 177 Å². The van der Waals surface area contributed by atoms with Gasteiger partial charge in [-0.05, 0) is 77.0 Å². The normalized spacial score (nSPS) is 12.7. The van der Waals surface area contributed by atoms with Crippen molar-refractivity contribution in [3.63, 3.8) is 0 Å². The van der Waals surface area contributed by atoms with Gasteiger partial charge in [-0.15, -0.1) is 0 Å². The number of hydrogen-bond acceptors (Lipinski definition) is 6. The van der Waals surface area contributed by atoms with Crippen LogP contribution in [0.2, 0.25) is 0 Å². The SMILES string of the molecule is CC/C=C\C/C=C\C/C=C\C/C=C\C/C=C\CCCC(=O)OCC(COC(=O)CCCCCCCCCCC)OC(=O)CCCCCCC/C=C\CCCC. The zero-order chi connectivity index (χ0) is 40.1. The lowest BCUT2D eigenvalue weighted by Crippen LogP contribution is -2.30. The van der Waals surface area contributed by atoms with Crippen LogP contribution >= 0.6 is 0 Å². The topological polar surface area (TPSA) is 78.9 Å². The van der Waals surface area contributed by atoms with E-state index in [4.69, 9.17) is 14.2 Å². The largest absolute Gasteiger partial charge is 0.462 e. The molecule has 6 nitrogen and oxygen atoms in total. The second-order valence-electron chi connectivity index (χ2n) is 14.6. The maximum Gasteiger partial charge on any atom is 0.306 e. The molecule has 1 atom stereocenters. The lowest BCUT2D eigenvalue weighted by atomic mass is 10.1. The number of carbonyl (C=O) groups is 3. The van der Waals surface area contributed by atoms with E-state index in [1.54, 1.807) is 0 Å². The summed E-state index contributed by atoms with van der Waals surface area (Å²) in [6.45, 7) is 6.38. The number of hydrogen-bond donors (Lipinski definition) is 0. The lowest BCUT2D eigenvalue weighted by Gasteiger charge is -2.18. The van der Waals surface area contributed by atoms with Crippen molar-refractivity contribution < 1.29 is 28.6 Å². The Morgan fingerprint density at radius 2 is 0.745 bits per heavy atom. The molecule has 0 spiro atoms. The summed E-state index contributed by atoms with van der Waals surface area (Å²) >= 11 is 0. The monoisotopic (exact) mass is 767 g/mol. The maximum absolute atomic E-state index is 12.7. The molecule has 0 amide bonds. The first kappa shape index (κ1) is 51.9. The van der Waals surface area contributed by atoms with Crippen LogP contribution in [0.5, 0.6) is 0 Å². The van der Waals surface area contributed by atoms with E-state index in [0.29, 0.717) is 19.3 Å². The summed E-state index contributed by atoms with van der Waals surface area (Å²) < 4.78 is 16.6. The van der Waals surface area contributed by atoms with Gasteiger partial charge < -0.3 is 14.2 Å². The summed E-state index contributed by atoms with van der Waals surface area (Å²) in [6.07, 6.45) is 53.2. The molecule has 0 heterocycles. The number of rotatable bonds is 39. The molecular formula is C49H82O6. The summed E-state index contributed by atoms with van der Waals surface area (Å²) in [5, 5.41) is 0. The molecule has 314 valence electrons. The molecule has 0 bridgehead atoms. The van der Waals surface area contributed by atoms with Gasteiger partial charge >= 0.3 is 17.9 Å². The summed E-state index contributed by atoms with van der Waals surface area (Å²) in [5.74, 6) is -0.976. The van der Waals surface area contributed by atoms with Gasteiger partial charge in [0.2, 0.25) is 0 Å². The van der Waals surface area contributed by atoms with Crippen molar-refractivity contribution in [2.45, 2.75) is 207 Å². The zero-order valence-corrected chi connectivity index (χ0v) is 35.7. The Labute approximate surface area is 338 Å². The Morgan fingerprint density at radius 1 is 0.382 bits per heavy atom. The van der Waals surface area contributed by atoms with E-state index in [2.05, 4.69) is 93.7 Å². The smallest absolute Gasteiger partial charge is 0.306 e. The van der Waals surface area contributed by atoms with Gasteiger partial charge in [-0.3, -0.25) is 14.4 Å². The number of carbonyl (C=O) groups excluding carboxylic acids is 3. The van der Waals surface area contributed by atoms with Gasteiger partial charge in [0.25, 0.3) is 0 Å². The highest BCUT2D eigenvalue weighted by atomic mass is 16.6. The minimum Gasteiger partial charge on any atom is -0.462 e. The van der Waals surface area contributed by atoms with E-state index in [0.717, 1.165) is 89.9 Å². The van der Waals surface area contributed by atoms with Gasteiger partial charge in [0.1, 0.15) is 13.2 Å². The van der Waals surface area contributed by atoms with Crippen LogP contribution in [-0.2, 0) is 28.6 Å². The number of unbranched alkanes of at least 4 members (excludes halogenated alkanes) is 16. The first-order chi connectivity index (χ1) is 27.0. The molecule has 0 aliphatic heterocycles. The van der Waals surface area contributed by atoms with E-state index >= 15 is 0 Å². The highest BCUT2D eigenvalue weighted by Gasteiger charge is 2.19. The average molecular weight is 767 g/mol. The summed E-state index contributed by atoms with van der Waals surface area (Å²) in [5.41, 5.74) is 0. The summed E-state index contributed by atoms with van der Waals surface area (Å²) in [6, 6.07) is 0. The minimum absolute atomic E-state index is 0.0961. The minimum atomic E-state index is -0.797. The van der Waals surface area contributed by atoms with Crippen molar-refractivity contribution in [1.29, 1.82) is 0 Å². The molecule has 0 saturated carbocycles. The molecule has 0 aromatic rings. The molecule has 0 rings (SSSR count). The Balaban J connectivity index is 4.46. The van der Waals surface area contributed by atoms with Crippen molar-refractivity contribution in [3.8, 4) is 0 Å². The highest BCUT2D eigenvalue weighted by molar-refractivity contribution is 5.71. The predicted octanol–water partition coefficient (Wildman–Crippen LogP) is 14.3. The number of ether oxygens (including phenoxy) is 3. The third kappa shape index (κ3) is 41.8. The van der Waals surface area contributed by atoms with Crippen molar-refractivity contribution in [3.05, 3.63) is 72.9 Å². The lowest BCUT2D eigenvalue weighted by molar-refractivity contribution is -0.167. The molecular weight excluding hydrogens is 685 g/mol. The molecule has 6 heteroatoms. The highest BCUT2D eigenvalue weighted by Crippen LogP contribution is 2.13. The van der Waals surface area contributed by atoms with Crippen LogP contribution in [0.15, 0.2) is 72.9 Å². The molecule has 1 unspecified atom stereocenters. The quantitative estimate of drug-likeness (QED) is 0.0268. The fourth-order valence-corrected chi connectivity index (χ4v) is 5.81. The van der Waals surface area contributed by atoms with Crippen LogP contribution in [0.1, 0.15) is 201 Å². The second kappa shape index (κ2) is 43.6. The summed E-state index contributed by atoms with van der Waals surface area (Å²) in [4.78, 5) is 37.6. The van der Waals surface area contributed by atoms with Gasteiger partial charge in [-0.2, -0.15) is 0 Å². The first-order valence-electron chi connectivity index (χ1n) is 22.4. The van der Waals surface area contributed by atoms with E-state index in [9.17, 15) is 14.4 Å². The van der Waals surface area contributed by atoms with Gasteiger partial charge in [0.05, 0.1) is 0 Å². The average Bonchev–Trinajstić information content (AvgIpc) is 3.18. The molecule has 0 aromatic heterocycles. The molecule has 0 fully saturated rings. The van der Waals surface area contributed by atoms with Gasteiger partial charge in [0, 0.05) is 19.3 Å². The van der Waals surface area contributed by atoms with E-state index in [1.807, 2.05) is 0 Å². The van der Waals surface area contributed by atoms with Crippen molar-refractivity contribution in [2.24, 2.45) is 0 Å². The Morgan fingerprint density at radius 3 is 1.25 bits per heavy atom. The van der Waals surface area contributed by atoms with Crippen molar-refractivity contribution in [2.75, 3.05) is 13.2 Å². The fraction of sp³-hybridized carbons (Fsp3) is 0.694. The molecule has 0 N–H and O–H groups in total. The second-order valence-corrected chi connectivity index (χ2v) is 14.6. The van der Waals surface area contributed by atoms with Crippen LogP contribution < -0.4 is 0 Å². The Hall–Kier alpha value is -3.15. The molecule has 0 aliphatic rings. The number of allylic oxidation sites excluding steroid dienone is 12. The van der Waals surface area contributed by atoms with E-state index < -0.39 is 6.10 Å². The maximum atomic E-state index is 12.7. The standard InChI is InChI=1S/C49H82O6/c1-4-7-10-13-16-19-21-22-23-24-25-26-28-30-33-36-39-42-48(51)54-45-46(44-53-47(50)41-38-35-32-29-18-15-12-9-6-3)55-49(52)43-40-37-34-31-27-20-17-14-11-8-5-2/h7,10,14,16-17,19,22-23,25-26,30,33,46H,4-6,8-9,11-13,15,18,20-21,24,27-29,31-32,34-45H2,1-3H3/b10-7-,17-14-,19-16-,23-22-,26-25-,33-30-. The molecule has 0 aliphatic carbocycles. The van der Waals surface area contributed by atoms with Crippen LogP contribution in [-0.4, -0.2) is 37.2 Å². The van der Waals surface area contributed by atoms with Crippen molar-refractivity contribution >= 4 is 17.9 Å². The van der Waals surface area contributed by atoms with Crippen LogP contribution in [0.3, 0.4) is 0 Å². The molecule has 0 radical (unpaired) electrons. The van der Waals surface area contributed by atoms with E-state index in [1.165, 1.54) is 64.2 Å². The molecule has 0 aromatic carbocycles. The van der Waals surface area contributed by atoms with Crippen LogP contribution in [0.25, 0.3) is 0 Å². The van der Waals surface area contributed by atoms with E-state index in [-0.39, 0.29) is 37.5 Å². The fourth-order valence-electron chi connectivity index (χ4n) is 5.81. The van der Waals surface area contributed by atoms with Crippen LogP contribution in [0, 0.1) is 0 Å². The Kier molecular flexibility index (Phi) is 41.1. The predicted molar refractivity (Wildman–Crippen MR) is 233 cm³/mol. The Bertz CT molecular complexity index is 1070. The van der Waals surface area contributed by atoms with Gasteiger partial charge in [0.15, 0.2) is 6.10 Å². The number of esters is 3. The zero-order valence-electron chi connectivity index (χ0n) is 35.7. The molecule has 0 saturated heterocycles. The molecule has 55 heavy (non-hydrogen) atoms. The van der Waals surface area contributed by atoms with Gasteiger partial charge in [-0.25, -0.2) is 0 Å². The summed E-state index contributed by atoms with van der Waals surface area (Å²) in [7, 11) is 0. The third-order valence-corrected chi connectivity index (χ3v) is 9.20. The third-order valence-electron chi connectivity index (χ3n) is 9.20. The van der Waals surface area contributed by atoms with Crippen LogP contribution in [0.4, 0.5) is 0 Å². The first-order valence-corrected chi connectivity index (χ1v) is 22.4.